The fraction of sp³-hybridized carbons (Fsp3) is 0.143. The first-order valence-corrected chi connectivity index (χ1v) is 7.92. The lowest BCUT2D eigenvalue weighted by Gasteiger charge is -2.12. The molecule has 0 saturated heterocycles. The van der Waals surface area contributed by atoms with Crippen molar-refractivity contribution in [2.45, 2.75) is 17.3 Å². The van der Waals surface area contributed by atoms with Crippen LogP contribution in [0, 0.1) is 0 Å². The van der Waals surface area contributed by atoms with Crippen molar-refractivity contribution in [1.82, 2.24) is 9.97 Å². The molecule has 2 aromatic rings. The Kier molecular flexibility index (Phi) is 5.47. The number of nitrogens with zero attached hydrogens (tertiary/aromatic N) is 2. The molecule has 1 unspecified atom stereocenters. The van der Waals surface area contributed by atoms with E-state index in [2.05, 4.69) is 15.3 Å². The minimum Gasteiger partial charge on any atom is -0.478 e. The van der Waals surface area contributed by atoms with Crippen LogP contribution in [0.2, 0.25) is 5.02 Å². The van der Waals surface area contributed by atoms with E-state index in [1.54, 1.807) is 6.92 Å². The third-order valence-corrected chi connectivity index (χ3v) is 4.15. The van der Waals surface area contributed by atoms with Gasteiger partial charge < -0.3 is 21.9 Å². The number of carbonyl (C=O) groups excluding carboxylic acids is 1. The molecule has 24 heavy (non-hydrogen) atoms. The average molecular weight is 368 g/mol. The molecule has 0 spiro atoms. The van der Waals surface area contributed by atoms with Crippen LogP contribution in [0.1, 0.15) is 17.3 Å². The highest BCUT2D eigenvalue weighted by Gasteiger charge is 2.18. The molecule has 1 aromatic carbocycles. The van der Waals surface area contributed by atoms with Crippen LogP contribution < -0.4 is 16.8 Å². The van der Waals surface area contributed by atoms with E-state index in [1.807, 2.05) is 0 Å². The zero-order chi connectivity index (χ0) is 17.9. The number of carboxylic acid groups (broad SMARTS) is 1. The van der Waals surface area contributed by atoms with E-state index >= 15 is 0 Å². The van der Waals surface area contributed by atoms with Gasteiger partial charge in [-0.15, -0.1) is 0 Å². The Balaban J connectivity index is 2.09. The van der Waals surface area contributed by atoms with Gasteiger partial charge >= 0.3 is 5.97 Å². The minimum atomic E-state index is -1.18. The topological polar surface area (TPSA) is 144 Å². The van der Waals surface area contributed by atoms with Gasteiger partial charge in [0.2, 0.25) is 5.91 Å². The van der Waals surface area contributed by atoms with Gasteiger partial charge in [-0.1, -0.05) is 23.4 Å². The lowest BCUT2D eigenvalue weighted by atomic mass is 10.2. The molecule has 0 bridgehead atoms. The normalized spacial score (nSPS) is 11.8. The molecule has 0 fully saturated rings. The fourth-order valence-corrected chi connectivity index (χ4v) is 2.73. The molecule has 0 aliphatic carbocycles. The molecule has 1 aromatic heterocycles. The first-order chi connectivity index (χ1) is 11.3. The predicted molar refractivity (Wildman–Crippen MR) is 93.2 cm³/mol. The van der Waals surface area contributed by atoms with E-state index in [0.29, 0.717) is 5.69 Å². The number of amides is 1. The zero-order valence-electron chi connectivity index (χ0n) is 12.5. The lowest BCUT2D eigenvalue weighted by molar-refractivity contribution is -0.115. The highest BCUT2D eigenvalue weighted by Crippen LogP contribution is 2.24. The van der Waals surface area contributed by atoms with Gasteiger partial charge in [0.1, 0.15) is 11.6 Å². The van der Waals surface area contributed by atoms with Gasteiger partial charge in [0.25, 0.3) is 0 Å². The van der Waals surface area contributed by atoms with Gasteiger partial charge in [-0.25, -0.2) is 14.8 Å². The summed E-state index contributed by atoms with van der Waals surface area (Å²) in [7, 11) is 0. The molecule has 1 amide bonds. The van der Waals surface area contributed by atoms with E-state index in [9.17, 15) is 9.59 Å². The van der Waals surface area contributed by atoms with E-state index < -0.39 is 11.2 Å². The number of aromatic carboxylic acids is 1. The van der Waals surface area contributed by atoms with Crippen molar-refractivity contribution in [2.24, 2.45) is 0 Å². The number of hydrogen-bond acceptors (Lipinski definition) is 7. The second kappa shape index (κ2) is 7.37. The molecule has 0 saturated carbocycles. The van der Waals surface area contributed by atoms with Crippen LogP contribution in [0.5, 0.6) is 0 Å². The van der Waals surface area contributed by atoms with Gasteiger partial charge in [0, 0.05) is 11.8 Å². The van der Waals surface area contributed by atoms with Gasteiger partial charge in [-0.3, -0.25) is 4.79 Å². The van der Waals surface area contributed by atoms with Crippen molar-refractivity contribution >= 4 is 52.6 Å². The van der Waals surface area contributed by atoms with Crippen LogP contribution in [0.25, 0.3) is 0 Å². The van der Waals surface area contributed by atoms with Crippen LogP contribution in [0.3, 0.4) is 0 Å². The molecule has 1 atom stereocenters. The monoisotopic (exact) mass is 367 g/mol. The third-order valence-electron chi connectivity index (χ3n) is 2.86. The SMILES string of the molecule is CC(Sc1nc(N)cc(N)n1)C(=O)Nc1ccc(Cl)c(C(=O)O)c1. The first kappa shape index (κ1) is 17.8. The van der Waals surface area contributed by atoms with Gasteiger partial charge in [0.15, 0.2) is 5.16 Å². The Morgan fingerprint density at radius 1 is 1.25 bits per heavy atom. The fourth-order valence-electron chi connectivity index (χ4n) is 1.74. The summed E-state index contributed by atoms with van der Waals surface area (Å²) in [6.45, 7) is 1.65. The number of halogens is 1. The van der Waals surface area contributed by atoms with Gasteiger partial charge in [-0.05, 0) is 25.1 Å². The molecule has 10 heteroatoms. The van der Waals surface area contributed by atoms with Crippen LogP contribution in [-0.2, 0) is 4.79 Å². The maximum atomic E-state index is 12.2. The number of rotatable bonds is 5. The van der Waals surface area contributed by atoms with Crippen molar-refractivity contribution in [1.29, 1.82) is 0 Å². The number of nitrogen functional groups attached to an aromatic ring is 2. The highest BCUT2D eigenvalue weighted by atomic mass is 35.5. The Labute approximate surface area is 146 Å². The molecule has 2 rings (SSSR count). The number of nitrogens with two attached hydrogens (primary N) is 2. The molecule has 0 aliphatic rings. The van der Waals surface area contributed by atoms with Crippen molar-refractivity contribution in [3.8, 4) is 0 Å². The second-order valence-corrected chi connectivity index (χ2v) is 6.46. The van der Waals surface area contributed by atoms with Gasteiger partial charge in [0.05, 0.1) is 15.8 Å². The number of thioether (sulfide) groups is 1. The Morgan fingerprint density at radius 3 is 2.46 bits per heavy atom. The lowest BCUT2D eigenvalue weighted by Crippen LogP contribution is -2.23. The van der Waals surface area contributed by atoms with E-state index in [-0.39, 0.29) is 33.3 Å². The first-order valence-electron chi connectivity index (χ1n) is 6.66. The number of anilines is 3. The summed E-state index contributed by atoms with van der Waals surface area (Å²) in [5, 5.41) is 11.5. The largest absolute Gasteiger partial charge is 0.478 e. The van der Waals surface area contributed by atoms with Crippen LogP contribution in [-0.4, -0.2) is 32.2 Å². The number of benzene rings is 1. The summed E-state index contributed by atoms with van der Waals surface area (Å²) in [4.78, 5) is 31.3. The number of nitrogens with one attached hydrogen (secondary N) is 1. The van der Waals surface area contributed by atoms with Crippen LogP contribution >= 0.6 is 23.4 Å². The standard InChI is InChI=1S/C14H14ClN5O3S/c1-6(24-14-19-10(16)5-11(17)20-14)12(21)18-7-2-3-9(15)8(4-7)13(22)23/h2-6H,1H3,(H,18,21)(H,22,23)(H4,16,17,19,20). The van der Waals surface area contributed by atoms with E-state index in [4.69, 9.17) is 28.2 Å². The van der Waals surface area contributed by atoms with E-state index in [1.165, 1.54) is 24.3 Å². The van der Waals surface area contributed by atoms with E-state index in [0.717, 1.165) is 11.8 Å². The Hall–Kier alpha value is -2.52. The van der Waals surface area contributed by atoms with Crippen LogP contribution in [0.15, 0.2) is 29.4 Å². The highest BCUT2D eigenvalue weighted by molar-refractivity contribution is 8.00. The summed E-state index contributed by atoms with van der Waals surface area (Å²) in [6, 6.07) is 5.62. The summed E-state index contributed by atoms with van der Waals surface area (Å²) < 4.78 is 0. The van der Waals surface area contributed by atoms with Crippen LogP contribution in [0.4, 0.5) is 17.3 Å². The number of carbonyl (C=O) groups is 2. The molecule has 0 aliphatic heterocycles. The molecular weight excluding hydrogens is 354 g/mol. The maximum absolute atomic E-state index is 12.2. The quantitative estimate of drug-likeness (QED) is 0.464. The maximum Gasteiger partial charge on any atom is 0.337 e. The summed E-state index contributed by atoms with van der Waals surface area (Å²) in [5.74, 6) is -1.12. The van der Waals surface area contributed by atoms with Crippen molar-refractivity contribution in [2.75, 3.05) is 16.8 Å². The molecule has 8 nitrogen and oxygen atoms in total. The summed E-state index contributed by atoms with van der Waals surface area (Å²) in [5.41, 5.74) is 11.4. The van der Waals surface area contributed by atoms with Gasteiger partial charge in [-0.2, -0.15) is 0 Å². The molecule has 0 radical (unpaired) electrons. The second-order valence-electron chi connectivity index (χ2n) is 4.75. The molecule has 126 valence electrons. The Bertz CT molecular complexity index is 782. The average Bonchev–Trinajstić information content (AvgIpc) is 2.47. The molecule has 6 N–H and O–H groups in total. The number of hydrogen-bond donors (Lipinski definition) is 4. The summed E-state index contributed by atoms with van der Waals surface area (Å²) >= 11 is 6.87. The zero-order valence-corrected chi connectivity index (χ0v) is 14.1. The Morgan fingerprint density at radius 2 is 1.88 bits per heavy atom. The van der Waals surface area contributed by atoms with Crippen molar-refractivity contribution < 1.29 is 14.7 Å². The molecule has 1 heterocycles. The number of aromatic nitrogens is 2. The third kappa shape index (κ3) is 4.49. The molecular formula is C14H14ClN5O3S. The summed E-state index contributed by atoms with van der Waals surface area (Å²) in [6.07, 6.45) is 0. The van der Waals surface area contributed by atoms with Crippen molar-refractivity contribution in [3.63, 3.8) is 0 Å². The smallest absolute Gasteiger partial charge is 0.337 e. The number of carboxylic acids is 1. The predicted octanol–water partition coefficient (Wildman–Crippen LogP) is 2.11. The minimum absolute atomic E-state index is 0.0894. The van der Waals surface area contributed by atoms with Crippen molar-refractivity contribution in [3.05, 3.63) is 34.9 Å².